The van der Waals surface area contributed by atoms with Crippen LogP contribution < -0.4 is 11.2 Å². The maximum absolute atomic E-state index is 10.6. The molecule has 3 N–H and O–H groups in total. The molecule has 0 aromatic carbocycles. The Morgan fingerprint density at radius 3 is 2.55 bits per heavy atom. The molecule has 5 heteroatoms. The molecule has 1 unspecified atom stereocenters. The molecule has 0 saturated heterocycles. The van der Waals surface area contributed by atoms with Gasteiger partial charge < -0.3 is 5.73 Å². The summed E-state index contributed by atoms with van der Waals surface area (Å²) in [5, 5.41) is 3.42. The molecular weight excluding hydrogens is 146 g/mol. The van der Waals surface area contributed by atoms with Gasteiger partial charge in [-0.3, -0.25) is 4.79 Å². The van der Waals surface area contributed by atoms with E-state index in [0.717, 1.165) is 0 Å². The summed E-state index contributed by atoms with van der Waals surface area (Å²) in [6.45, 7) is 3.12. The summed E-state index contributed by atoms with van der Waals surface area (Å²) in [6.07, 6.45) is 1.33. The molecule has 62 valence electrons. The molecule has 0 aromatic heterocycles. The van der Waals surface area contributed by atoms with Crippen molar-refractivity contribution in [3.63, 3.8) is 0 Å². The van der Waals surface area contributed by atoms with Gasteiger partial charge in [0.1, 0.15) is 5.78 Å². The maximum atomic E-state index is 10.6. The second kappa shape index (κ2) is 4.43. The minimum Gasteiger partial charge on any atom is -0.350 e. The van der Waals surface area contributed by atoms with Crippen LogP contribution in [0.3, 0.4) is 0 Å². The molecule has 0 aliphatic rings. The Bertz CT molecular complexity index is 188. The van der Waals surface area contributed by atoms with Crippen molar-refractivity contribution in [3.05, 3.63) is 0 Å². The zero-order chi connectivity index (χ0) is 8.85. The highest BCUT2D eigenvalue weighted by molar-refractivity contribution is 5.93. The van der Waals surface area contributed by atoms with Crippen LogP contribution >= 0.6 is 0 Å². The molecule has 1 atom stereocenters. The topological polar surface area (TPSA) is 84.6 Å². The monoisotopic (exact) mass is 157 g/mol. The lowest BCUT2D eigenvalue weighted by atomic mass is 10.1. The normalized spacial score (nSPS) is 12.9. The van der Waals surface area contributed by atoms with E-state index in [0.29, 0.717) is 0 Å². The molecule has 0 fully saturated rings. The number of rotatable bonds is 3. The van der Waals surface area contributed by atoms with Crippen molar-refractivity contribution in [1.29, 1.82) is 0 Å². The van der Waals surface area contributed by atoms with E-state index < -0.39 is 6.03 Å². The summed E-state index contributed by atoms with van der Waals surface area (Å²) < 4.78 is 0. The van der Waals surface area contributed by atoms with Crippen LogP contribution in [0.25, 0.3) is 0 Å². The van der Waals surface area contributed by atoms with Crippen LogP contribution in [0.1, 0.15) is 13.8 Å². The average Bonchev–Trinajstić information content (AvgIpc) is 1.86. The van der Waals surface area contributed by atoms with Crippen LogP contribution in [0.2, 0.25) is 0 Å². The molecule has 0 radical (unpaired) electrons. The van der Waals surface area contributed by atoms with E-state index in [2.05, 4.69) is 5.10 Å². The fourth-order valence-corrected chi connectivity index (χ4v) is 0.318. The number of ketones is 1. The Kier molecular flexibility index (Phi) is 3.87. The quantitative estimate of drug-likeness (QED) is 0.441. The summed E-state index contributed by atoms with van der Waals surface area (Å²) >= 11 is 0. The van der Waals surface area contributed by atoms with Crippen LogP contribution in [0.4, 0.5) is 4.79 Å². The number of primary amides is 1. The molecule has 0 rings (SSSR count). The number of nitrogens with two attached hydrogens (primary N) is 1. The number of carbonyl (C=O) groups excluding carboxylic acids is 2. The molecule has 0 saturated carbocycles. The van der Waals surface area contributed by atoms with Crippen LogP contribution in [0.15, 0.2) is 5.10 Å². The second-order valence-corrected chi connectivity index (χ2v) is 2.15. The first kappa shape index (κ1) is 9.61. The van der Waals surface area contributed by atoms with Crippen molar-refractivity contribution in [2.45, 2.75) is 13.8 Å². The van der Waals surface area contributed by atoms with Crippen LogP contribution in [0, 0.1) is 5.92 Å². The van der Waals surface area contributed by atoms with Crippen LogP contribution in [0.5, 0.6) is 0 Å². The number of urea groups is 1. The van der Waals surface area contributed by atoms with Gasteiger partial charge in [0.25, 0.3) is 0 Å². The van der Waals surface area contributed by atoms with E-state index in [1.807, 2.05) is 5.43 Å². The van der Waals surface area contributed by atoms with Gasteiger partial charge in [-0.15, -0.1) is 0 Å². The number of hydrogen-bond donors (Lipinski definition) is 2. The molecular formula is C6H11N3O2. The fourth-order valence-electron chi connectivity index (χ4n) is 0.318. The number of nitrogens with one attached hydrogen (secondary N) is 1. The third-order valence-corrected chi connectivity index (χ3v) is 1.11. The lowest BCUT2D eigenvalue weighted by Gasteiger charge is -1.97. The average molecular weight is 157 g/mol. The van der Waals surface area contributed by atoms with Gasteiger partial charge >= 0.3 is 6.03 Å². The zero-order valence-corrected chi connectivity index (χ0v) is 6.50. The predicted molar refractivity (Wildman–Crippen MR) is 41.1 cm³/mol. The van der Waals surface area contributed by atoms with Crippen molar-refractivity contribution >= 4 is 18.0 Å². The van der Waals surface area contributed by atoms with Gasteiger partial charge in [-0.25, -0.2) is 10.2 Å². The lowest BCUT2D eigenvalue weighted by molar-refractivity contribution is -0.118. The SMILES string of the molecule is CC(=O)C(C)/C=N\NC(N)=O. The van der Waals surface area contributed by atoms with Gasteiger partial charge in [-0.05, 0) is 6.92 Å². The number of amides is 2. The van der Waals surface area contributed by atoms with Crippen LogP contribution in [-0.4, -0.2) is 18.0 Å². The minimum atomic E-state index is -0.739. The first-order valence-corrected chi connectivity index (χ1v) is 3.13. The van der Waals surface area contributed by atoms with Gasteiger partial charge in [0.05, 0.1) is 5.92 Å². The third-order valence-electron chi connectivity index (χ3n) is 1.11. The van der Waals surface area contributed by atoms with Gasteiger partial charge in [-0.1, -0.05) is 6.92 Å². The van der Waals surface area contributed by atoms with E-state index in [1.165, 1.54) is 13.1 Å². The smallest absolute Gasteiger partial charge is 0.332 e. The first-order chi connectivity index (χ1) is 5.04. The van der Waals surface area contributed by atoms with Gasteiger partial charge in [0, 0.05) is 6.21 Å². The van der Waals surface area contributed by atoms with Gasteiger partial charge in [0.15, 0.2) is 0 Å². The molecule has 5 nitrogen and oxygen atoms in total. The van der Waals surface area contributed by atoms with Crippen molar-refractivity contribution in [1.82, 2.24) is 5.43 Å². The summed E-state index contributed by atoms with van der Waals surface area (Å²) in [5.74, 6) is -0.304. The molecule has 0 aromatic rings. The van der Waals surface area contributed by atoms with E-state index >= 15 is 0 Å². The van der Waals surface area contributed by atoms with Gasteiger partial charge in [-0.2, -0.15) is 5.10 Å². The second-order valence-electron chi connectivity index (χ2n) is 2.15. The summed E-state index contributed by atoms with van der Waals surface area (Å²) in [4.78, 5) is 20.6. The Labute approximate surface area is 64.6 Å². The molecule has 0 aliphatic heterocycles. The molecule has 0 aliphatic carbocycles. The number of carbonyl (C=O) groups is 2. The van der Waals surface area contributed by atoms with E-state index in [4.69, 9.17) is 5.73 Å². The molecule has 11 heavy (non-hydrogen) atoms. The molecule has 2 amide bonds. The van der Waals surface area contributed by atoms with Crippen molar-refractivity contribution in [2.75, 3.05) is 0 Å². The van der Waals surface area contributed by atoms with E-state index in [9.17, 15) is 9.59 Å². The number of hydrogen-bond acceptors (Lipinski definition) is 3. The number of hydrazone groups is 1. The Morgan fingerprint density at radius 2 is 2.18 bits per heavy atom. The van der Waals surface area contributed by atoms with E-state index in [1.54, 1.807) is 6.92 Å². The predicted octanol–water partition coefficient (Wildman–Crippen LogP) is -0.134. The van der Waals surface area contributed by atoms with Crippen molar-refractivity contribution < 1.29 is 9.59 Å². The summed E-state index contributed by atoms with van der Waals surface area (Å²) in [6, 6.07) is -0.739. The number of Topliss-reactive ketones (excluding diaryl/α,β-unsaturated/α-hetero) is 1. The van der Waals surface area contributed by atoms with Crippen LogP contribution in [-0.2, 0) is 4.79 Å². The van der Waals surface area contributed by atoms with Gasteiger partial charge in [0.2, 0.25) is 0 Å². The Hall–Kier alpha value is -1.39. The summed E-state index contributed by atoms with van der Waals surface area (Å²) in [5.41, 5.74) is 6.69. The Morgan fingerprint density at radius 1 is 1.64 bits per heavy atom. The molecule has 0 bridgehead atoms. The highest BCUT2D eigenvalue weighted by Gasteiger charge is 2.02. The first-order valence-electron chi connectivity index (χ1n) is 3.13. The van der Waals surface area contributed by atoms with E-state index in [-0.39, 0.29) is 11.7 Å². The minimum absolute atomic E-state index is 0.0139. The van der Waals surface area contributed by atoms with Crippen molar-refractivity contribution in [3.8, 4) is 0 Å². The highest BCUT2D eigenvalue weighted by Crippen LogP contribution is 1.89. The molecule has 0 spiro atoms. The zero-order valence-electron chi connectivity index (χ0n) is 6.50. The maximum Gasteiger partial charge on any atom is 0.332 e. The highest BCUT2D eigenvalue weighted by atomic mass is 16.2. The van der Waals surface area contributed by atoms with Crippen molar-refractivity contribution in [2.24, 2.45) is 16.8 Å². The Balaban J connectivity index is 3.74. The third kappa shape index (κ3) is 5.07. The largest absolute Gasteiger partial charge is 0.350 e. The molecule has 0 heterocycles. The standard InChI is InChI=1S/C6H11N3O2/c1-4(5(2)10)3-8-9-6(7)11/h3-4H,1-2H3,(H3,7,9,11)/b8-3-. The number of nitrogens with zero attached hydrogens (tertiary/aromatic N) is 1. The summed E-state index contributed by atoms with van der Waals surface area (Å²) in [7, 11) is 0. The lowest BCUT2D eigenvalue weighted by Crippen LogP contribution is -2.25. The fraction of sp³-hybridized carbons (Fsp3) is 0.500.